The summed E-state index contributed by atoms with van der Waals surface area (Å²) in [6.45, 7) is 4.45. The molecule has 3 N–H and O–H groups in total. The molecule has 1 heterocycles. The molecule has 2 nitrogen and oxygen atoms in total. The lowest BCUT2D eigenvalue weighted by molar-refractivity contribution is 0.444. The van der Waals surface area contributed by atoms with Crippen LogP contribution in [0.3, 0.4) is 0 Å². The van der Waals surface area contributed by atoms with Crippen LogP contribution in [0.4, 0.5) is 0 Å². The Labute approximate surface area is 56.8 Å². The molecule has 9 heavy (non-hydrogen) atoms. The van der Waals surface area contributed by atoms with Gasteiger partial charge in [0.2, 0.25) is 0 Å². The second-order valence-electron chi connectivity index (χ2n) is 2.82. The summed E-state index contributed by atoms with van der Waals surface area (Å²) in [5.74, 6) is 0.745. The molecule has 1 saturated heterocycles. The Kier molecular flexibility index (Phi) is 2.49. The number of rotatable bonds is 2. The van der Waals surface area contributed by atoms with Crippen molar-refractivity contribution in [2.75, 3.05) is 13.1 Å². The summed E-state index contributed by atoms with van der Waals surface area (Å²) >= 11 is 0. The Morgan fingerprint density at radius 3 is 3.00 bits per heavy atom. The number of nitrogens with two attached hydrogens (primary N) is 1. The van der Waals surface area contributed by atoms with Crippen LogP contribution in [0.1, 0.15) is 19.8 Å². The van der Waals surface area contributed by atoms with Gasteiger partial charge in [-0.1, -0.05) is 6.92 Å². The first kappa shape index (κ1) is 7.03. The zero-order valence-corrected chi connectivity index (χ0v) is 6.06. The first-order valence-electron chi connectivity index (χ1n) is 3.81. The molecule has 0 bridgehead atoms. The van der Waals surface area contributed by atoms with Gasteiger partial charge in [-0.25, -0.2) is 0 Å². The maximum absolute atomic E-state index is 5.84. The highest BCUT2D eigenvalue weighted by Crippen LogP contribution is 2.12. The molecule has 0 saturated carbocycles. The molecule has 1 aliphatic heterocycles. The highest BCUT2D eigenvalue weighted by molar-refractivity contribution is 4.79. The van der Waals surface area contributed by atoms with Crippen LogP contribution in [0.25, 0.3) is 0 Å². The van der Waals surface area contributed by atoms with Crippen molar-refractivity contribution in [3.05, 3.63) is 0 Å². The first-order valence-corrected chi connectivity index (χ1v) is 3.81. The standard InChI is InChI=1S/C7H16N2/c1-2-7(8)6-3-4-9-5-6/h6-7,9H,2-5,8H2,1H3/t6?,7-/m1/s1. The van der Waals surface area contributed by atoms with E-state index < -0.39 is 0 Å². The van der Waals surface area contributed by atoms with Crippen molar-refractivity contribution in [3.63, 3.8) is 0 Å². The Balaban J connectivity index is 2.24. The van der Waals surface area contributed by atoms with Crippen LogP contribution in [-0.2, 0) is 0 Å². The monoisotopic (exact) mass is 128 g/mol. The van der Waals surface area contributed by atoms with E-state index in [-0.39, 0.29) is 0 Å². The topological polar surface area (TPSA) is 38.0 Å². The fourth-order valence-electron chi connectivity index (χ4n) is 1.38. The molecule has 54 valence electrons. The van der Waals surface area contributed by atoms with Crippen LogP contribution in [0.15, 0.2) is 0 Å². The van der Waals surface area contributed by atoms with E-state index in [1.165, 1.54) is 13.0 Å². The van der Waals surface area contributed by atoms with Crippen LogP contribution >= 0.6 is 0 Å². The largest absolute Gasteiger partial charge is 0.327 e. The maximum Gasteiger partial charge on any atom is 0.00771 e. The second-order valence-corrected chi connectivity index (χ2v) is 2.82. The highest BCUT2D eigenvalue weighted by atomic mass is 14.9. The fraction of sp³-hybridized carbons (Fsp3) is 1.00. The van der Waals surface area contributed by atoms with Gasteiger partial charge in [0.05, 0.1) is 0 Å². The Hall–Kier alpha value is -0.0800. The lowest BCUT2D eigenvalue weighted by Crippen LogP contribution is -2.30. The van der Waals surface area contributed by atoms with Gasteiger partial charge in [0, 0.05) is 6.04 Å². The molecule has 2 heteroatoms. The zero-order chi connectivity index (χ0) is 6.69. The zero-order valence-electron chi connectivity index (χ0n) is 6.06. The average Bonchev–Trinajstić information content (AvgIpc) is 2.37. The van der Waals surface area contributed by atoms with Crippen LogP contribution in [0.2, 0.25) is 0 Å². The van der Waals surface area contributed by atoms with Crippen LogP contribution in [-0.4, -0.2) is 19.1 Å². The van der Waals surface area contributed by atoms with Crippen LogP contribution in [0.5, 0.6) is 0 Å². The normalized spacial score (nSPS) is 30.7. The van der Waals surface area contributed by atoms with Crippen LogP contribution in [0, 0.1) is 5.92 Å². The molecular formula is C7H16N2. The van der Waals surface area contributed by atoms with E-state index >= 15 is 0 Å². The summed E-state index contributed by atoms with van der Waals surface area (Å²) in [6, 6.07) is 0.431. The van der Waals surface area contributed by atoms with Gasteiger partial charge in [-0.05, 0) is 31.8 Å². The summed E-state index contributed by atoms with van der Waals surface area (Å²) in [5, 5.41) is 3.31. The Bertz CT molecular complexity index is 77.0. The lowest BCUT2D eigenvalue weighted by atomic mass is 9.98. The van der Waals surface area contributed by atoms with Gasteiger partial charge in [-0.3, -0.25) is 0 Å². The third-order valence-electron chi connectivity index (χ3n) is 2.18. The van der Waals surface area contributed by atoms with Crippen molar-refractivity contribution in [2.24, 2.45) is 11.7 Å². The predicted octanol–water partition coefficient (Wildman–Crippen LogP) is 0.333. The minimum atomic E-state index is 0.431. The second kappa shape index (κ2) is 3.18. The van der Waals surface area contributed by atoms with Gasteiger partial charge >= 0.3 is 0 Å². The molecule has 0 radical (unpaired) electrons. The van der Waals surface area contributed by atoms with Crippen molar-refractivity contribution in [3.8, 4) is 0 Å². The van der Waals surface area contributed by atoms with E-state index in [1.807, 2.05) is 0 Å². The summed E-state index contributed by atoms with van der Waals surface area (Å²) in [4.78, 5) is 0. The molecule has 2 atom stereocenters. The lowest BCUT2D eigenvalue weighted by Gasteiger charge is -2.14. The molecular weight excluding hydrogens is 112 g/mol. The molecule has 0 amide bonds. The van der Waals surface area contributed by atoms with Crippen molar-refractivity contribution in [2.45, 2.75) is 25.8 Å². The number of hydrogen-bond acceptors (Lipinski definition) is 2. The minimum Gasteiger partial charge on any atom is -0.327 e. The summed E-state index contributed by atoms with van der Waals surface area (Å²) in [7, 11) is 0. The molecule has 0 aromatic carbocycles. The van der Waals surface area contributed by atoms with E-state index in [0.29, 0.717) is 6.04 Å². The van der Waals surface area contributed by atoms with Crippen molar-refractivity contribution >= 4 is 0 Å². The summed E-state index contributed by atoms with van der Waals surface area (Å²) < 4.78 is 0. The van der Waals surface area contributed by atoms with E-state index in [1.54, 1.807) is 0 Å². The van der Waals surface area contributed by atoms with Crippen LogP contribution < -0.4 is 11.1 Å². The molecule has 0 aromatic rings. The quantitative estimate of drug-likeness (QED) is 0.562. The fourth-order valence-corrected chi connectivity index (χ4v) is 1.38. The first-order chi connectivity index (χ1) is 4.34. The highest BCUT2D eigenvalue weighted by Gasteiger charge is 2.19. The molecule has 0 spiro atoms. The molecule has 0 aromatic heterocycles. The summed E-state index contributed by atoms with van der Waals surface area (Å²) in [5.41, 5.74) is 5.84. The maximum atomic E-state index is 5.84. The average molecular weight is 128 g/mol. The molecule has 1 aliphatic rings. The molecule has 1 rings (SSSR count). The van der Waals surface area contributed by atoms with Gasteiger partial charge in [-0.2, -0.15) is 0 Å². The third kappa shape index (κ3) is 1.66. The number of nitrogens with one attached hydrogen (secondary N) is 1. The smallest absolute Gasteiger partial charge is 0.00771 e. The SMILES string of the molecule is CC[C@@H](N)C1CCNC1. The minimum absolute atomic E-state index is 0.431. The van der Waals surface area contributed by atoms with Crippen molar-refractivity contribution in [1.29, 1.82) is 0 Å². The third-order valence-corrected chi connectivity index (χ3v) is 2.18. The van der Waals surface area contributed by atoms with E-state index in [9.17, 15) is 0 Å². The van der Waals surface area contributed by atoms with Crippen molar-refractivity contribution in [1.82, 2.24) is 5.32 Å². The molecule has 0 aliphatic carbocycles. The Morgan fingerprint density at radius 2 is 2.56 bits per heavy atom. The molecule has 1 fully saturated rings. The van der Waals surface area contributed by atoms with Gasteiger partial charge < -0.3 is 11.1 Å². The predicted molar refractivity (Wildman–Crippen MR) is 39.2 cm³/mol. The van der Waals surface area contributed by atoms with E-state index in [4.69, 9.17) is 5.73 Å². The van der Waals surface area contributed by atoms with Gasteiger partial charge in [-0.15, -0.1) is 0 Å². The number of hydrogen-bond donors (Lipinski definition) is 2. The van der Waals surface area contributed by atoms with Crippen molar-refractivity contribution < 1.29 is 0 Å². The van der Waals surface area contributed by atoms with Gasteiger partial charge in [0.1, 0.15) is 0 Å². The van der Waals surface area contributed by atoms with Gasteiger partial charge in [0.25, 0.3) is 0 Å². The molecule has 1 unspecified atom stereocenters. The summed E-state index contributed by atoms with van der Waals surface area (Å²) in [6.07, 6.45) is 2.39. The Morgan fingerprint density at radius 1 is 1.78 bits per heavy atom. The van der Waals surface area contributed by atoms with E-state index in [0.717, 1.165) is 18.9 Å². The van der Waals surface area contributed by atoms with Gasteiger partial charge in [0.15, 0.2) is 0 Å². The van der Waals surface area contributed by atoms with E-state index in [2.05, 4.69) is 12.2 Å².